The Kier molecular flexibility index (Phi) is 3.80. The normalized spacial score (nSPS) is 40.1. The Bertz CT molecular complexity index is 262. The van der Waals surface area contributed by atoms with Crippen molar-refractivity contribution in [3.63, 3.8) is 0 Å². The fraction of sp³-hybridized carbons (Fsp3) is 0.917. The molecule has 1 N–H and O–H groups in total. The molecule has 4 unspecified atom stereocenters. The molecule has 2 rings (SSSR count). The second-order valence-electron chi connectivity index (χ2n) is 5.20. The van der Waals surface area contributed by atoms with E-state index in [2.05, 4.69) is 31.0 Å². The van der Waals surface area contributed by atoms with Gasteiger partial charge >= 0.3 is 0 Å². The van der Waals surface area contributed by atoms with Crippen molar-refractivity contribution >= 4 is 17.7 Å². The van der Waals surface area contributed by atoms with E-state index in [0.717, 1.165) is 26.1 Å². The molecule has 1 amide bonds. The lowest BCUT2D eigenvalue weighted by atomic mass is 10.0. The van der Waals surface area contributed by atoms with Crippen LogP contribution in [0.15, 0.2) is 0 Å². The van der Waals surface area contributed by atoms with E-state index in [0.29, 0.717) is 22.3 Å². The fourth-order valence-corrected chi connectivity index (χ4v) is 4.04. The molecular formula is C12H22N2OS. The molecule has 16 heavy (non-hydrogen) atoms. The van der Waals surface area contributed by atoms with Crippen LogP contribution in [0.4, 0.5) is 0 Å². The Morgan fingerprint density at radius 1 is 1.25 bits per heavy atom. The van der Waals surface area contributed by atoms with E-state index >= 15 is 0 Å². The van der Waals surface area contributed by atoms with Gasteiger partial charge in [0.2, 0.25) is 5.91 Å². The molecular weight excluding hydrogens is 220 g/mol. The van der Waals surface area contributed by atoms with Crippen LogP contribution in [-0.2, 0) is 4.79 Å². The van der Waals surface area contributed by atoms with Crippen molar-refractivity contribution < 1.29 is 4.79 Å². The Morgan fingerprint density at radius 2 is 1.88 bits per heavy atom. The quantitative estimate of drug-likeness (QED) is 0.753. The molecule has 0 saturated carbocycles. The van der Waals surface area contributed by atoms with Crippen LogP contribution in [0.25, 0.3) is 0 Å². The van der Waals surface area contributed by atoms with Gasteiger partial charge in [0.1, 0.15) is 0 Å². The standard InChI is InChI=1S/C12H22N2OS/c1-8-4-5-13-11(8)12(15)14-6-9(2)16-10(3)7-14/h8-11,13H,4-7H2,1-3H3. The molecule has 0 bridgehead atoms. The molecule has 3 nitrogen and oxygen atoms in total. The van der Waals surface area contributed by atoms with Crippen LogP contribution in [0, 0.1) is 5.92 Å². The molecule has 2 aliphatic rings. The Morgan fingerprint density at radius 3 is 2.38 bits per heavy atom. The van der Waals surface area contributed by atoms with Gasteiger partial charge in [0.15, 0.2) is 0 Å². The largest absolute Gasteiger partial charge is 0.339 e. The molecule has 4 heteroatoms. The van der Waals surface area contributed by atoms with Crippen LogP contribution in [0.1, 0.15) is 27.2 Å². The number of hydrogen-bond donors (Lipinski definition) is 1. The van der Waals surface area contributed by atoms with E-state index < -0.39 is 0 Å². The number of hydrogen-bond acceptors (Lipinski definition) is 3. The van der Waals surface area contributed by atoms with Crippen LogP contribution in [0.5, 0.6) is 0 Å². The van der Waals surface area contributed by atoms with E-state index in [1.807, 2.05) is 11.8 Å². The second kappa shape index (κ2) is 4.96. The zero-order valence-corrected chi connectivity index (χ0v) is 11.2. The topological polar surface area (TPSA) is 32.3 Å². The van der Waals surface area contributed by atoms with Gasteiger partial charge in [-0.05, 0) is 18.9 Å². The second-order valence-corrected chi connectivity index (χ2v) is 7.08. The maximum absolute atomic E-state index is 12.4. The van der Waals surface area contributed by atoms with Gasteiger partial charge in [-0.25, -0.2) is 0 Å². The number of nitrogens with one attached hydrogen (secondary N) is 1. The summed E-state index contributed by atoms with van der Waals surface area (Å²) in [5.74, 6) is 0.816. The fourth-order valence-electron chi connectivity index (χ4n) is 2.72. The predicted octanol–water partition coefficient (Wildman–Crippen LogP) is 1.34. The highest BCUT2D eigenvalue weighted by atomic mass is 32.2. The zero-order chi connectivity index (χ0) is 11.7. The first-order valence-electron chi connectivity index (χ1n) is 6.25. The van der Waals surface area contributed by atoms with E-state index in [9.17, 15) is 4.79 Å². The van der Waals surface area contributed by atoms with Gasteiger partial charge in [-0.15, -0.1) is 0 Å². The smallest absolute Gasteiger partial charge is 0.240 e. The summed E-state index contributed by atoms with van der Waals surface area (Å²) in [5, 5.41) is 4.48. The lowest BCUT2D eigenvalue weighted by Crippen LogP contribution is -2.51. The Hall–Kier alpha value is -0.220. The molecule has 2 aliphatic heterocycles. The summed E-state index contributed by atoms with van der Waals surface area (Å²) in [6.45, 7) is 9.43. The van der Waals surface area contributed by atoms with Crippen molar-refractivity contribution in [1.29, 1.82) is 0 Å². The summed E-state index contributed by atoms with van der Waals surface area (Å²) >= 11 is 1.99. The minimum Gasteiger partial charge on any atom is -0.339 e. The van der Waals surface area contributed by atoms with Crippen molar-refractivity contribution in [1.82, 2.24) is 10.2 Å². The summed E-state index contributed by atoms with van der Waals surface area (Å²) in [4.78, 5) is 14.4. The highest BCUT2D eigenvalue weighted by Crippen LogP contribution is 2.26. The highest BCUT2D eigenvalue weighted by molar-refractivity contribution is 8.00. The summed E-state index contributed by atoms with van der Waals surface area (Å²) in [6.07, 6.45) is 1.13. The molecule has 2 fully saturated rings. The third-order valence-electron chi connectivity index (χ3n) is 3.53. The minimum absolute atomic E-state index is 0.0718. The van der Waals surface area contributed by atoms with Crippen molar-refractivity contribution in [2.24, 2.45) is 5.92 Å². The highest BCUT2D eigenvalue weighted by Gasteiger charge is 2.35. The van der Waals surface area contributed by atoms with E-state index in [1.165, 1.54) is 0 Å². The van der Waals surface area contributed by atoms with Gasteiger partial charge < -0.3 is 10.2 Å². The Labute approximate surface area is 102 Å². The SMILES string of the molecule is CC1CN(C(=O)C2NCCC2C)CC(C)S1. The van der Waals surface area contributed by atoms with Crippen molar-refractivity contribution in [3.05, 3.63) is 0 Å². The number of rotatable bonds is 1. The molecule has 0 aromatic heterocycles. The van der Waals surface area contributed by atoms with Crippen LogP contribution >= 0.6 is 11.8 Å². The minimum atomic E-state index is 0.0718. The lowest BCUT2D eigenvalue weighted by molar-refractivity contribution is -0.134. The molecule has 2 heterocycles. The van der Waals surface area contributed by atoms with E-state index in [-0.39, 0.29) is 6.04 Å². The van der Waals surface area contributed by atoms with Crippen LogP contribution in [-0.4, -0.2) is 47.0 Å². The van der Waals surface area contributed by atoms with E-state index in [1.54, 1.807) is 0 Å². The number of carbonyl (C=O) groups excluding carboxylic acids is 1. The number of carbonyl (C=O) groups is 1. The summed E-state index contributed by atoms with van der Waals surface area (Å²) in [6, 6.07) is 0.0718. The molecule has 0 aromatic carbocycles. The van der Waals surface area contributed by atoms with Gasteiger partial charge in [-0.1, -0.05) is 20.8 Å². The molecule has 0 radical (unpaired) electrons. The third kappa shape index (κ3) is 2.54. The van der Waals surface area contributed by atoms with Gasteiger partial charge in [-0.3, -0.25) is 4.79 Å². The molecule has 0 aliphatic carbocycles. The van der Waals surface area contributed by atoms with Gasteiger partial charge in [-0.2, -0.15) is 11.8 Å². The van der Waals surface area contributed by atoms with Gasteiger partial charge in [0, 0.05) is 23.6 Å². The summed E-state index contributed by atoms with van der Waals surface area (Å²) < 4.78 is 0. The first kappa shape index (κ1) is 12.2. The summed E-state index contributed by atoms with van der Waals surface area (Å²) in [5.41, 5.74) is 0. The molecule has 92 valence electrons. The number of nitrogens with zero attached hydrogens (tertiary/aromatic N) is 1. The Balaban J connectivity index is 1.98. The van der Waals surface area contributed by atoms with E-state index in [4.69, 9.17) is 0 Å². The van der Waals surface area contributed by atoms with Crippen molar-refractivity contribution in [2.45, 2.75) is 43.7 Å². The summed E-state index contributed by atoms with van der Waals surface area (Å²) in [7, 11) is 0. The third-order valence-corrected chi connectivity index (χ3v) is 4.76. The molecule has 4 atom stereocenters. The maximum atomic E-state index is 12.4. The predicted molar refractivity (Wildman–Crippen MR) is 68.7 cm³/mol. The molecule has 2 saturated heterocycles. The first-order valence-corrected chi connectivity index (χ1v) is 7.20. The van der Waals surface area contributed by atoms with Gasteiger partial charge in [0.25, 0.3) is 0 Å². The lowest BCUT2D eigenvalue weighted by Gasteiger charge is -2.36. The van der Waals surface area contributed by atoms with Crippen molar-refractivity contribution in [3.8, 4) is 0 Å². The average molecular weight is 242 g/mol. The van der Waals surface area contributed by atoms with Crippen LogP contribution in [0.2, 0.25) is 0 Å². The first-order chi connectivity index (χ1) is 7.58. The number of amides is 1. The van der Waals surface area contributed by atoms with Crippen LogP contribution < -0.4 is 5.32 Å². The molecule has 0 aromatic rings. The average Bonchev–Trinajstić information content (AvgIpc) is 2.62. The number of thioether (sulfide) groups is 1. The zero-order valence-electron chi connectivity index (χ0n) is 10.4. The van der Waals surface area contributed by atoms with Crippen molar-refractivity contribution in [2.75, 3.05) is 19.6 Å². The van der Waals surface area contributed by atoms with Crippen LogP contribution in [0.3, 0.4) is 0 Å². The van der Waals surface area contributed by atoms with Gasteiger partial charge in [0.05, 0.1) is 6.04 Å². The molecule has 0 spiro atoms. The maximum Gasteiger partial charge on any atom is 0.240 e. The monoisotopic (exact) mass is 242 g/mol.